The van der Waals surface area contributed by atoms with Crippen molar-refractivity contribution < 1.29 is 28.0 Å². The molecule has 0 bridgehead atoms. The van der Waals surface area contributed by atoms with Crippen LogP contribution in [0.15, 0.2) is 64.4 Å². The van der Waals surface area contributed by atoms with Gasteiger partial charge in [0.25, 0.3) is 0 Å². The normalized spacial score (nSPS) is 17.2. The summed E-state index contributed by atoms with van der Waals surface area (Å²) in [5.74, 6) is 0. The van der Waals surface area contributed by atoms with Crippen LogP contribution in [0.1, 0.15) is 11.1 Å². The second kappa shape index (κ2) is 6.78. The third-order valence-electron chi connectivity index (χ3n) is 3.25. The third kappa shape index (κ3) is 3.87. The number of halogens is 1. The molecule has 0 aliphatic carbocycles. The standard InChI is InChI=1S/C16H13ClO4S2/c1-22-14-9-6-13(7-10-14)16-11-8-12-4-2-3-5-15(12)23(16)21-17(18,19)20/h2-11H,1H3. The average molecular weight is 369 g/mol. The fraction of sp³-hybridized carbons (Fsp3) is 0.0625. The minimum atomic E-state index is -4.52. The van der Waals surface area contributed by atoms with Crippen LogP contribution in [0.4, 0.5) is 0 Å². The Morgan fingerprint density at radius 3 is 2.30 bits per heavy atom. The van der Waals surface area contributed by atoms with Crippen LogP contribution >= 0.6 is 22.5 Å². The fourth-order valence-corrected chi connectivity index (χ4v) is 5.14. The van der Waals surface area contributed by atoms with Gasteiger partial charge in [0.05, 0.1) is 20.0 Å². The highest BCUT2D eigenvalue weighted by Gasteiger charge is 2.29. The molecule has 1 atom stereocenters. The molecule has 1 aliphatic heterocycles. The van der Waals surface area contributed by atoms with E-state index < -0.39 is 21.0 Å². The molecule has 23 heavy (non-hydrogen) atoms. The SMILES string of the molecule is CSc1ccc(C2=S(O[Cl+3]([O-])([O-])[O-])c3ccccc3C=C2)cc1. The monoisotopic (exact) mass is 368 g/mol. The molecule has 0 spiro atoms. The van der Waals surface area contributed by atoms with Gasteiger partial charge in [-0.2, -0.15) is 14.0 Å². The molecule has 0 N–H and O–H groups in total. The summed E-state index contributed by atoms with van der Waals surface area (Å²) in [6, 6.07) is 15.0. The van der Waals surface area contributed by atoms with Crippen LogP contribution in [0, 0.1) is 10.2 Å². The molecule has 0 saturated carbocycles. The van der Waals surface area contributed by atoms with Crippen molar-refractivity contribution in [2.24, 2.45) is 0 Å². The van der Waals surface area contributed by atoms with E-state index in [1.807, 2.05) is 48.7 Å². The highest BCUT2D eigenvalue weighted by molar-refractivity contribution is 8.12. The van der Waals surface area contributed by atoms with Crippen molar-refractivity contribution in [3.63, 3.8) is 0 Å². The molecule has 0 aromatic heterocycles. The van der Waals surface area contributed by atoms with Crippen LogP contribution in [0.2, 0.25) is 0 Å². The molecule has 4 nitrogen and oxygen atoms in total. The topological polar surface area (TPSA) is 78.4 Å². The van der Waals surface area contributed by atoms with Crippen LogP contribution in [0.5, 0.6) is 0 Å². The van der Waals surface area contributed by atoms with Gasteiger partial charge in [-0.1, -0.05) is 36.4 Å². The lowest BCUT2D eigenvalue weighted by Crippen LogP contribution is -2.60. The van der Waals surface area contributed by atoms with Crippen LogP contribution in [-0.4, -0.2) is 11.1 Å². The largest absolute Gasteiger partial charge is 0.182 e. The second-order valence-electron chi connectivity index (χ2n) is 4.67. The van der Waals surface area contributed by atoms with Gasteiger partial charge in [0.1, 0.15) is 14.5 Å². The predicted octanol–water partition coefficient (Wildman–Crippen LogP) is 1.11. The first-order valence-electron chi connectivity index (χ1n) is 6.61. The van der Waals surface area contributed by atoms with E-state index in [4.69, 9.17) is 3.74 Å². The van der Waals surface area contributed by atoms with Gasteiger partial charge in [-0.15, -0.1) is 11.8 Å². The van der Waals surface area contributed by atoms with Crippen LogP contribution in [0.3, 0.4) is 0 Å². The van der Waals surface area contributed by atoms with E-state index in [0.717, 1.165) is 16.0 Å². The Hall–Kier alpha value is -1.12. The number of fused-ring (bicyclic) bond motifs is 1. The molecule has 2 aromatic rings. The molecule has 3 rings (SSSR count). The molecule has 1 aliphatic rings. The number of hydrogen-bond acceptors (Lipinski definition) is 5. The highest BCUT2D eigenvalue weighted by atomic mass is 35.7. The van der Waals surface area contributed by atoms with Gasteiger partial charge >= 0.3 is 0 Å². The Morgan fingerprint density at radius 1 is 0.957 bits per heavy atom. The molecule has 0 radical (unpaired) electrons. The zero-order valence-corrected chi connectivity index (χ0v) is 14.5. The molecule has 2 aromatic carbocycles. The Morgan fingerprint density at radius 2 is 1.65 bits per heavy atom. The zero-order chi connectivity index (χ0) is 16.4. The summed E-state index contributed by atoms with van der Waals surface area (Å²) in [5, 5.41) is 0. The Labute approximate surface area is 143 Å². The van der Waals surface area contributed by atoms with E-state index in [9.17, 15) is 14.0 Å². The first-order chi connectivity index (χ1) is 11.0. The van der Waals surface area contributed by atoms with Gasteiger partial charge in [0.2, 0.25) is 0 Å². The van der Waals surface area contributed by atoms with E-state index in [0.29, 0.717) is 9.76 Å². The van der Waals surface area contributed by atoms with Gasteiger partial charge < -0.3 is 0 Å². The lowest BCUT2D eigenvalue weighted by Gasteiger charge is -2.19. The smallest absolute Gasteiger partial charge is 0.148 e. The highest BCUT2D eigenvalue weighted by Crippen LogP contribution is 2.40. The maximum atomic E-state index is 11.1. The molecule has 1 unspecified atom stereocenters. The molecule has 1 heterocycles. The van der Waals surface area contributed by atoms with Gasteiger partial charge in [-0.25, -0.2) is 0 Å². The summed E-state index contributed by atoms with van der Waals surface area (Å²) in [7, 11) is -5.80. The van der Waals surface area contributed by atoms with E-state index in [1.165, 1.54) is 0 Å². The van der Waals surface area contributed by atoms with Crippen molar-refractivity contribution in [3.8, 4) is 0 Å². The quantitative estimate of drug-likeness (QED) is 0.596. The van der Waals surface area contributed by atoms with E-state index in [1.54, 1.807) is 30.0 Å². The van der Waals surface area contributed by atoms with Crippen molar-refractivity contribution in [2.75, 3.05) is 6.26 Å². The predicted molar refractivity (Wildman–Crippen MR) is 84.8 cm³/mol. The summed E-state index contributed by atoms with van der Waals surface area (Å²) in [6.07, 6.45) is 5.68. The molecule has 0 amide bonds. The zero-order valence-electron chi connectivity index (χ0n) is 12.1. The fourth-order valence-electron chi connectivity index (χ4n) is 2.24. The molecular weight excluding hydrogens is 356 g/mol. The summed E-state index contributed by atoms with van der Waals surface area (Å²) in [5.41, 5.74) is 1.68. The molecule has 7 heteroatoms. The summed E-state index contributed by atoms with van der Waals surface area (Å²) >= 11 is 1.62. The van der Waals surface area contributed by atoms with Gasteiger partial charge in [-0.3, -0.25) is 0 Å². The Kier molecular flexibility index (Phi) is 4.93. The lowest BCUT2D eigenvalue weighted by molar-refractivity contribution is -1.91. The molecule has 120 valence electrons. The van der Waals surface area contributed by atoms with Crippen LogP contribution in [0.25, 0.3) is 6.08 Å². The van der Waals surface area contributed by atoms with Crippen molar-refractivity contribution in [1.29, 1.82) is 0 Å². The number of rotatable bonds is 4. The molecular formula is C16H13ClO4S2. The van der Waals surface area contributed by atoms with E-state index in [2.05, 4.69) is 0 Å². The Balaban J connectivity index is 2.14. The number of thioether (sulfide) groups is 1. The maximum Gasteiger partial charge on any atom is 0.148 e. The third-order valence-corrected chi connectivity index (χ3v) is 6.65. The summed E-state index contributed by atoms with van der Waals surface area (Å²) in [6.45, 7) is 0. The van der Waals surface area contributed by atoms with Crippen molar-refractivity contribution in [3.05, 3.63) is 65.7 Å². The molecule has 0 fully saturated rings. The number of benzene rings is 2. The maximum absolute atomic E-state index is 11.1. The average Bonchev–Trinajstić information content (AvgIpc) is 2.54. The van der Waals surface area contributed by atoms with Crippen molar-refractivity contribution in [1.82, 2.24) is 0 Å². The lowest BCUT2D eigenvalue weighted by atomic mass is 10.1. The molecule has 0 saturated heterocycles. The second-order valence-corrected chi connectivity index (χ2v) is 8.23. The van der Waals surface area contributed by atoms with Gasteiger partial charge in [0.15, 0.2) is 0 Å². The number of allylic oxidation sites excluding steroid dienone is 1. The van der Waals surface area contributed by atoms with E-state index in [-0.39, 0.29) is 0 Å². The van der Waals surface area contributed by atoms with Gasteiger partial charge in [-0.05, 0) is 41.7 Å². The minimum absolute atomic E-state index is 0.670. The number of hydrogen-bond donors (Lipinski definition) is 0. The van der Waals surface area contributed by atoms with Crippen molar-refractivity contribution >= 4 is 33.5 Å². The van der Waals surface area contributed by atoms with Gasteiger partial charge in [0, 0.05) is 4.90 Å². The van der Waals surface area contributed by atoms with Crippen LogP contribution in [-0.2, 0) is 3.74 Å². The first kappa shape index (κ1) is 16.7. The minimum Gasteiger partial charge on any atom is -0.182 e. The van der Waals surface area contributed by atoms with Crippen molar-refractivity contribution in [2.45, 2.75) is 9.79 Å². The first-order valence-corrected chi connectivity index (χ1v) is 10.2. The summed E-state index contributed by atoms with van der Waals surface area (Å²) < 4.78 is 38.3. The van der Waals surface area contributed by atoms with Crippen LogP contribution < -0.4 is 14.0 Å². The summed E-state index contributed by atoms with van der Waals surface area (Å²) in [4.78, 5) is 2.46. The Bertz CT molecular complexity index is 779. The van der Waals surface area contributed by atoms with E-state index >= 15 is 0 Å².